The first kappa shape index (κ1) is 21.5. The molecule has 0 saturated heterocycles. The number of aromatic nitrogens is 1. The van der Waals surface area contributed by atoms with Gasteiger partial charge in [-0.1, -0.05) is 0 Å². The van der Waals surface area contributed by atoms with Crippen molar-refractivity contribution in [1.82, 2.24) is 15.4 Å². The molecule has 3 amide bonds. The fourth-order valence-electron chi connectivity index (χ4n) is 2.14. The maximum Gasteiger partial charge on any atom is 0.290 e. The molecule has 0 radical (unpaired) electrons. The second-order valence-electron chi connectivity index (χ2n) is 5.52. The topological polar surface area (TPSA) is 123 Å². The molecule has 0 aliphatic rings. The summed E-state index contributed by atoms with van der Waals surface area (Å²) in [4.78, 5) is 46.7. The molecule has 0 aliphatic heterocycles. The van der Waals surface area contributed by atoms with Gasteiger partial charge in [0.05, 0.1) is 31.6 Å². The lowest BCUT2D eigenvalue weighted by Crippen LogP contribution is -2.39. The van der Waals surface area contributed by atoms with Crippen LogP contribution in [0.5, 0.6) is 0 Å². The van der Waals surface area contributed by atoms with Crippen LogP contribution in [0.4, 0.5) is 5.13 Å². The van der Waals surface area contributed by atoms with Gasteiger partial charge in [-0.05, 0) is 19.1 Å². The molecule has 152 valence electrons. The Kier molecular flexibility index (Phi) is 8.59. The van der Waals surface area contributed by atoms with Gasteiger partial charge in [-0.15, -0.1) is 11.3 Å². The molecule has 0 atom stereocenters. The van der Waals surface area contributed by atoms with Crippen LogP contribution >= 0.6 is 11.3 Å². The van der Waals surface area contributed by atoms with Gasteiger partial charge >= 0.3 is 0 Å². The van der Waals surface area contributed by atoms with Gasteiger partial charge in [0, 0.05) is 19.0 Å². The number of rotatable bonds is 11. The summed E-state index contributed by atoms with van der Waals surface area (Å²) in [5.41, 5.74) is 2.78. The number of amides is 3. The molecular weight excluding hydrogens is 388 g/mol. The SMILES string of the molecule is CCONC(=O)Cc1csc(NC(=O)CN(CCOC)C(=O)c2ccco2)n1. The standard InChI is InChI=1S/C17H22N4O6S/c1-3-27-20-14(22)9-12-11-28-17(18-12)19-15(23)10-21(6-8-25-2)16(24)13-5-4-7-26-13/h4-5,7,11H,3,6,8-10H2,1-2H3,(H,20,22)(H,18,19,23). The molecule has 2 aromatic rings. The van der Waals surface area contributed by atoms with Crippen LogP contribution in [-0.4, -0.2) is 61.0 Å². The molecule has 0 unspecified atom stereocenters. The Morgan fingerprint density at radius 3 is 2.82 bits per heavy atom. The van der Waals surface area contributed by atoms with Gasteiger partial charge in [-0.2, -0.15) is 0 Å². The Labute approximate surface area is 165 Å². The number of hydrogen-bond donors (Lipinski definition) is 2. The molecule has 2 N–H and O–H groups in total. The third kappa shape index (κ3) is 6.76. The van der Waals surface area contributed by atoms with Crippen molar-refractivity contribution in [2.45, 2.75) is 13.3 Å². The number of nitrogens with one attached hydrogen (secondary N) is 2. The Bertz CT molecular complexity index is 776. The Hall–Kier alpha value is -2.76. The number of ether oxygens (including phenoxy) is 1. The maximum atomic E-state index is 12.4. The second kappa shape index (κ2) is 11.2. The zero-order valence-corrected chi connectivity index (χ0v) is 16.4. The average Bonchev–Trinajstić information content (AvgIpc) is 3.35. The van der Waals surface area contributed by atoms with E-state index in [2.05, 4.69) is 15.8 Å². The predicted octanol–water partition coefficient (Wildman–Crippen LogP) is 1.07. The van der Waals surface area contributed by atoms with Gasteiger partial charge in [-0.25, -0.2) is 10.5 Å². The number of thiazole rings is 1. The summed E-state index contributed by atoms with van der Waals surface area (Å²) < 4.78 is 10.1. The molecule has 2 aromatic heterocycles. The summed E-state index contributed by atoms with van der Waals surface area (Å²) in [5, 5.41) is 4.63. The second-order valence-corrected chi connectivity index (χ2v) is 6.38. The number of hydroxylamine groups is 1. The first-order chi connectivity index (χ1) is 13.5. The highest BCUT2D eigenvalue weighted by atomic mass is 32.1. The lowest BCUT2D eigenvalue weighted by Gasteiger charge is -2.20. The van der Waals surface area contributed by atoms with Crippen LogP contribution in [0, 0.1) is 0 Å². The third-order valence-corrected chi connectivity index (χ3v) is 4.20. The molecule has 2 heterocycles. The molecule has 11 heteroatoms. The minimum Gasteiger partial charge on any atom is -0.459 e. The van der Waals surface area contributed by atoms with E-state index < -0.39 is 11.8 Å². The van der Waals surface area contributed by atoms with Gasteiger partial charge in [0.1, 0.15) is 6.54 Å². The van der Waals surface area contributed by atoms with Gasteiger partial charge in [0.25, 0.3) is 5.91 Å². The fourth-order valence-corrected chi connectivity index (χ4v) is 2.87. The van der Waals surface area contributed by atoms with Gasteiger partial charge < -0.3 is 19.4 Å². The number of carbonyl (C=O) groups excluding carboxylic acids is 3. The quantitative estimate of drug-likeness (QED) is 0.531. The van der Waals surface area contributed by atoms with E-state index in [0.717, 1.165) is 0 Å². The van der Waals surface area contributed by atoms with Crippen molar-refractivity contribution in [3.8, 4) is 0 Å². The van der Waals surface area contributed by atoms with E-state index in [9.17, 15) is 14.4 Å². The Morgan fingerprint density at radius 1 is 1.32 bits per heavy atom. The number of methoxy groups -OCH3 is 1. The highest BCUT2D eigenvalue weighted by molar-refractivity contribution is 7.13. The van der Waals surface area contributed by atoms with Crippen molar-refractivity contribution < 1.29 is 28.4 Å². The average molecular weight is 410 g/mol. The van der Waals surface area contributed by atoms with Gasteiger partial charge in [0.15, 0.2) is 10.9 Å². The van der Waals surface area contributed by atoms with Crippen molar-refractivity contribution in [3.05, 3.63) is 35.2 Å². The number of carbonyl (C=O) groups is 3. The predicted molar refractivity (Wildman–Crippen MR) is 101 cm³/mol. The van der Waals surface area contributed by atoms with E-state index in [-0.39, 0.29) is 37.8 Å². The lowest BCUT2D eigenvalue weighted by atomic mass is 10.3. The molecule has 0 fully saturated rings. The highest BCUT2D eigenvalue weighted by Crippen LogP contribution is 2.16. The first-order valence-corrected chi connectivity index (χ1v) is 9.38. The third-order valence-electron chi connectivity index (χ3n) is 3.39. The number of hydrogen-bond acceptors (Lipinski definition) is 8. The minimum absolute atomic E-state index is 0.0311. The van der Waals surface area contributed by atoms with Crippen molar-refractivity contribution in [3.63, 3.8) is 0 Å². The van der Waals surface area contributed by atoms with Crippen LogP contribution in [0.15, 0.2) is 28.2 Å². The molecule has 0 bridgehead atoms. The molecule has 2 rings (SSSR count). The fraction of sp³-hybridized carbons (Fsp3) is 0.412. The number of furan rings is 1. The van der Waals surface area contributed by atoms with Crippen molar-refractivity contribution in [1.29, 1.82) is 0 Å². The maximum absolute atomic E-state index is 12.4. The Morgan fingerprint density at radius 2 is 2.14 bits per heavy atom. The van der Waals surface area contributed by atoms with E-state index in [1.54, 1.807) is 18.4 Å². The van der Waals surface area contributed by atoms with Gasteiger partial charge in [0.2, 0.25) is 11.8 Å². The zero-order valence-electron chi connectivity index (χ0n) is 15.6. The van der Waals surface area contributed by atoms with Crippen LogP contribution < -0.4 is 10.8 Å². The zero-order chi connectivity index (χ0) is 20.4. The van der Waals surface area contributed by atoms with Crippen LogP contribution in [0.25, 0.3) is 0 Å². The highest BCUT2D eigenvalue weighted by Gasteiger charge is 2.21. The van der Waals surface area contributed by atoms with Crippen molar-refractivity contribution in [2.24, 2.45) is 0 Å². The largest absolute Gasteiger partial charge is 0.459 e. The Balaban J connectivity index is 1.91. The van der Waals surface area contributed by atoms with E-state index in [1.807, 2.05) is 0 Å². The lowest BCUT2D eigenvalue weighted by molar-refractivity contribution is -0.132. The number of nitrogens with zero attached hydrogens (tertiary/aromatic N) is 2. The van der Waals surface area contributed by atoms with Crippen molar-refractivity contribution >= 4 is 34.2 Å². The number of anilines is 1. The molecular formula is C17H22N4O6S. The molecule has 28 heavy (non-hydrogen) atoms. The molecule has 0 spiro atoms. The van der Waals surface area contributed by atoms with Crippen molar-refractivity contribution in [2.75, 3.05) is 38.7 Å². The normalized spacial score (nSPS) is 10.5. The van der Waals surface area contributed by atoms with E-state index in [1.165, 1.54) is 35.7 Å². The smallest absolute Gasteiger partial charge is 0.290 e. The summed E-state index contributed by atoms with van der Waals surface area (Å²) in [5.74, 6) is -1.03. The summed E-state index contributed by atoms with van der Waals surface area (Å²) >= 11 is 1.18. The first-order valence-electron chi connectivity index (χ1n) is 8.50. The van der Waals surface area contributed by atoms with E-state index in [0.29, 0.717) is 17.4 Å². The van der Waals surface area contributed by atoms with Gasteiger partial charge in [-0.3, -0.25) is 19.2 Å². The summed E-state index contributed by atoms with van der Waals surface area (Å²) in [6, 6.07) is 3.13. The minimum atomic E-state index is -0.421. The molecule has 10 nitrogen and oxygen atoms in total. The van der Waals surface area contributed by atoms with Crippen LogP contribution in [0.1, 0.15) is 23.2 Å². The molecule has 0 aromatic carbocycles. The molecule has 0 aliphatic carbocycles. The van der Waals surface area contributed by atoms with Crippen LogP contribution in [0.3, 0.4) is 0 Å². The molecule has 0 saturated carbocycles. The summed E-state index contributed by atoms with van der Waals surface area (Å²) in [7, 11) is 1.51. The van der Waals surface area contributed by atoms with Crippen LogP contribution in [-0.2, 0) is 25.6 Å². The monoisotopic (exact) mass is 410 g/mol. The van der Waals surface area contributed by atoms with Crippen LogP contribution in [0.2, 0.25) is 0 Å². The van der Waals surface area contributed by atoms with E-state index >= 15 is 0 Å². The summed E-state index contributed by atoms with van der Waals surface area (Å²) in [6.07, 6.45) is 1.42. The van der Waals surface area contributed by atoms with E-state index in [4.69, 9.17) is 14.0 Å². The summed E-state index contributed by atoms with van der Waals surface area (Å²) in [6.45, 7) is 2.42.